The summed E-state index contributed by atoms with van der Waals surface area (Å²) in [5.41, 5.74) is 3.54. The maximum Gasteiger partial charge on any atom is 0.374 e. The number of aliphatic hydroxyl groups is 1. The van der Waals surface area contributed by atoms with Gasteiger partial charge >= 0.3 is 11.9 Å². The molecule has 0 bridgehead atoms. The van der Waals surface area contributed by atoms with E-state index < -0.39 is 24.1 Å². The van der Waals surface area contributed by atoms with Crippen LogP contribution >= 0.6 is 0 Å². The summed E-state index contributed by atoms with van der Waals surface area (Å²) in [4.78, 5) is 32.3. The molecule has 4 aromatic rings. The van der Waals surface area contributed by atoms with Gasteiger partial charge in [-0.3, -0.25) is 4.98 Å². The van der Waals surface area contributed by atoms with Gasteiger partial charge in [-0.1, -0.05) is 48.0 Å². The van der Waals surface area contributed by atoms with Crippen molar-refractivity contribution in [2.45, 2.75) is 19.1 Å². The van der Waals surface area contributed by atoms with Crippen molar-refractivity contribution in [1.29, 1.82) is 0 Å². The van der Waals surface area contributed by atoms with Gasteiger partial charge in [-0.25, -0.2) is 9.59 Å². The van der Waals surface area contributed by atoms with E-state index in [0.717, 1.165) is 5.56 Å². The minimum Gasteiger partial charge on any atom is -0.465 e. The molecule has 1 aliphatic heterocycles. The Kier molecular flexibility index (Phi) is 6.03. The van der Waals surface area contributed by atoms with Gasteiger partial charge in [0.15, 0.2) is 5.76 Å². The maximum absolute atomic E-state index is 13.2. The third kappa shape index (κ3) is 3.72. The number of carbonyl (C=O) groups excluding carboxylic acids is 2. The van der Waals surface area contributed by atoms with Crippen LogP contribution in [0.1, 0.15) is 49.9 Å². The van der Waals surface area contributed by atoms with E-state index in [4.69, 9.17) is 13.9 Å². The highest BCUT2D eigenvalue weighted by Crippen LogP contribution is 2.53. The summed E-state index contributed by atoms with van der Waals surface area (Å²) in [5.74, 6) is -1.63. The predicted octanol–water partition coefficient (Wildman–Crippen LogP) is 5.15. The van der Waals surface area contributed by atoms with E-state index in [-0.39, 0.29) is 22.8 Å². The van der Waals surface area contributed by atoms with Crippen molar-refractivity contribution >= 4 is 23.3 Å². The van der Waals surface area contributed by atoms with E-state index in [9.17, 15) is 14.7 Å². The van der Waals surface area contributed by atoms with Gasteiger partial charge in [-0.05, 0) is 36.8 Å². The maximum atomic E-state index is 13.2. The first-order valence-electron chi connectivity index (χ1n) is 11.3. The van der Waals surface area contributed by atoms with Crippen LogP contribution in [0.25, 0.3) is 11.3 Å². The van der Waals surface area contributed by atoms with Crippen LogP contribution < -0.4 is 4.90 Å². The van der Waals surface area contributed by atoms with Crippen LogP contribution in [0.5, 0.6) is 0 Å². The van der Waals surface area contributed by atoms with Crippen LogP contribution in [0.2, 0.25) is 0 Å². The molecule has 0 amide bonds. The second-order valence-corrected chi connectivity index (χ2v) is 8.40. The Morgan fingerprint density at radius 3 is 2.31 bits per heavy atom. The minimum absolute atomic E-state index is 0.0928. The number of hydrogen-bond acceptors (Lipinski definition) is 8. The Morgan fingerprint density at radius 1 is 0.944 bits per heavy atom. The molecule has 0 fully saturated rings. The Hall–Kier alpha value is -4.43. The van der Waals surface area contributed by atoms with E-state index in [1.807, 2.05) is 49.4 Å². The van der Waals surface area contributed by atoms with Crippen LogP contribution in [0.3, 0.4) is 0 Å². The summed E-state index contributed by atoms with van der Waals surface area (Å²) in [6, 6.07) is 19.4. The van der Waals surface area contributed by atoms with Crippen molar-refractivity contribution in [3.05, 3.63) is 101 Å². The molecule has 2 aromatic heterocycles. The van der Waals surface area contributed by atoms with Crippen LogP contribution in [0, 0.1) is 6.92 Å². The first-order valence-corrected chi connectivity index (χ1v) is 11.3. The number of benzene rings is 2. The number of hydrogen-bond donors (Lipinski definition) is 1. The number of rotatable bonds is 4. The van der Waals surface area contributed by atoms with E-state index in [0.29, 0.717) is 22.5 Å². The van der Waals surface area contributed by atoms with Crippen molar-refractivity contribution in [3.8, 4) is 11.3 Å². The molecular formula is C28H24N2O6. The number of aliphatic hydroxyl groups excluding tert-OH is 1. The van der Waals surface area contributed by atoms with Crippen molar-refractivity contribution in [3.63, 3.8) is 0 Å². The fourth-order valence-corrected chi connectivity index (χ4v) is 4.61. The molecular weight excluding hydrogens is 460 g/mol. The summed E-state index contributed by atoms with van der Waals surface area (Å²) < 4.78 is 16.1. The van der Waals surface area contributed by atoms with Gasteiger partial charge in [0.25, 0.3) is 0 Å². The molecule has 2 aromatic carbocycles. The van der Waals surface area contributed by atoms with E-state index in [1.165, 1.54) is 14.2 Å². The summed E-state index contributed by atoms with van der Waals surface area (Å²) in [7, 11) is 2.44. The molecule has 36 heavy (non-hydrogen) atoms. The Balaban J connectivity index is 1.93. The number of furan rings is 1. The van der Waals surface area contributed by atoms with Gasteiger partial charge in [0.2, 0.25) is 5.76 Å². The highest BCUT2D eigenvalue weighted by atomic mass is 16.5. The molecule has 8 heteroatoms. The number of aromatic nitrogens is 1. The number of anilines is 2. The first-order chi connectivity index (χ1) is 17.5. The second kappa shape index (κ2) is 9.31. The first kappa shape index (κ1) is 23.3. The minimum atomic E-state index is -1.06. The number of esters is 2. The van der Waals surface area contributed by atoms with Crippen LogP contribution in [-0.2, 0) is 9.47 Å². The monoisotopic (exact) mass is 484 g/mol. The molecule has 182 valence electrons. The molecule has 1 N–H and O–H groups in total. The predicted molar refractivity (Wildman–Crippen MR) is 132 cm³/mol. The lowest BCUT2D eigenvalue weighted by Crippen LogP contribution is -2.30. The molecule has 5 rings (SSSR count). The van der Waals surface area contributed by atoms with Crippen molar-refractivity contribution in [2.75, 3.05) is 19.1 Å². The molecule has 2 atom stereocenters. The third-order valence-electron chi connectivity index (χ3n) is 6.29. The van der Waals surface area contributed by atoms with Gasteiger partial charge in [-0.2, -0.15) is 0 Å². The molecule has 0 saturated heterocycles. The molecule has 0 unspecified atom stereocenters. The zero-order valence-electron chi connectivity index (χ0n) is 20.0. The fourth-order valence-electron chi connectivity index (χ4n) is 4.61. The van der Waals surface area contributed by atoms with Crippen molar-refractivity contribution in [2.24, 2.45) is 0 Å². The topological polar surface area (TPSA) is 102 Å². The smallest absolute Gasteiger partial charge is 0.374 e. The number of methoxy groups -OCH3 is 2. The van der Waals surface area contributed by atoms with Crippen LogP contribution in [-0.4, -0.2) is 36.2 Å². The van der Waals surface area contributed by atoms with E-state index in [1.54, 1.807) is 35.4 Å². The second-order valence-electron chi connectivity index (χ2n) is 8.40. The zero-order valence-corrected chi connectivity index (χ0v) is 20.0. The summed E-state index contributed by atoms with van der Waals surface area (Å²) in [6.45, 7) is 1.96. The standard InChI is InChI=1S/C28H24N2O6/c1-16-11-13-17(14-12-16)30-22(20-10-6-7-15-29-20)24(31)18-8-4-5-9-19(18)25-23(30)21(27(32)34-2)26(36-25)28(33)35-3/h4-15,22,24,31H,1-3H3/t22-,24-/m1/s1. The lowest BCUT2D eigenvalue weighted by atomic mass is 9.95. The highest BCUT2D eigenvalue weighted by molar-refractivity contribution is 6.09. The quantitative estimate of drug-likeness (QED) is 0.397. The molecule has 1 aliphatic rings. The van der Waals surface area contributed by atoms with Crippen LogP contribution in [0.15, 0.2) is 77.3 Å². The van der Waals surface area contributed by atoms with Gasteiger partial charge < -0.3 is 23.9 Å². The van der Waals surface area contributed by atoms with E-state index >= 15 is 0 Å². The van der Waals surface area contributed by atoms with Crippen LogP contribution in [0.4, 0.5) is 11.4 Å². The Labute approximate surface area is 207 Å². The molecule has 0 saturated carbocycles. The highest BCUT2D eigenvalue weighted by Gasteiger charge is 2.44. The van der Waals surface area contributed by atoms with E-state index in [2.05, 4.69) is 4.98 Å². The SMILES string of the molecule is COC(=O)c1oc2c(c1C(=O)OC)N(c1ccc(C)cc1)[C@H](c1ccccn1)[C@H](O)c1ccccc1-2. The Bertz CT molecular complexity index is 1430. The lowest BCUT2D eigenvalue weighted by Gasteiger charge is -2.35. The zero-order chi connectivity index (χ0) is 25.4. The number of carbonyl (C=O) groups is 2. The lowest BCUT2D eigenvalue weighted by molar-refractivity contribution is 0.0529. The number of pyridine rings is 1. The average molecular weight is 485 g/mol. The number of aryl methyl sites for hydroxylation is 1. The molecule has 0 spiro atoms. The average Bonchev–Trinajstić information content (AvgIpc) is 3.27. The normalized spacial score (nSPS) is 16.5. The molecule has 0 radical (unpaired) electrons. The van der Waals surface area contributed by atoms with Crippen molar-refractivity contribution < 1.29 is 28.6 Å². The largest absolute Gasteiger partial charge is 0.465 e. The van der Waals surface area contributed by atoms with Gasteiger partial charge in [-0.15, -0.1) is 0 Å². The number of ether oxygens (including phenoxy) is 2. The van der Waals surface area contributed by atoms with Crippen molar-refractivity contribution in [1.82, 2.24) is 4.98 Å². The summed E-state index contributed by atoms with van der Waals surface area (Å²) in [6.07, 6.45) is 0.580. The summed E-state index contributed by atoms with van der Waals surface area (Å²) in [5, 5.41) is 11.8. The van der Waals surface area contributed by atoms with Gasteiger partial charge in [0, 0.05) is 17.4 Å². The fraction of sp³-hybridized carbons (Fsp3) is 0.179. The number of nitrogens with zero attached hydrogens (tertiary/aromatic N) is 2. The van der Waals surface area contributed by atoms with Gasteiger partial charge in [0.1, 0.15) is 23.4 Å². The molecule has 0 aliphatic carbocycles. The van der Waals surface area contributed by atoms with Gasteiger partial charge in [0.05, 0.1) is 19.9 Å². The molecule has 3 heterocycles. The third-order valence-corrected chi connectivity index (χ3v) is 6.29. The molecule has 8 nitrogen and oxygen atoms in total. The Morgan fingerprint density at radius 2 is 1.64 bits per heavy atom. The number of fused-ring (bicyclic) bond motifs is 3. The summed E-state index contributed by atoms with van der Waals surface area (Å²) >= 11 is 0.